The lowest BCUT2D eigenvalue weighted by atomic mass is 10.0. The average Bonchev–Trinajstić information content (AvgIpc) is 3.03. The third kappa shape index (κ3) is 32.3. The van der Waals surface area contributed by atoms with Crippen molar-refractivity contribution in [3.05, 3.63) is 0 Å². The molecule has 0 rings (SSSR count). The smallest absolute Gasteiger partial charge is 0.331 e. The van der Waals surface area contributed by atoms with Crippen molar-refractivity contribution in [3.63, 3.8) is 0 Å². The van der Waals surface area contributed by atoms with E-state index in [1.807, 2.05) is 0 Å². The minimum absolute atomic E-state index is 0.168. The second-order valence-electron chi connectivity index (χ2n) is 13.5. The number of aliphatic hydroxyl groups excluding tert-OH is 1. The van der Waals surface area contributed by atoms with Gasteiger partial charge in [0.2, 0.25) is 5.91 Å². The predicted molar refractivity (Wildman–Crippen MR) is 189 cm³/mol. The zero-order chi connectivity index (χ0) is 32.2. The van der Waals surface area contributed by atoms with Crippen LogP contribution >= 0.6 is 0 Å². The number of carbonyl (C=O) groups excluding carboxylic acids is 2. The summed E-state index contributed by atoms with van der Waals surface area (Å²) in [4.78, 5) is 24.5. The summed E-state index contributed by atoms with van der Waals surface area (Å²) in [5.74, 6) is -0.685. The van der Waals surface area contributed by atoms with Crippen molar-refractivity contribution in [1.29, 1.82) is 0 Å². The summed E-state index contributed by atoms with van der Waals surface area (Å²) in [6, 6.07) is -0.944. The molecule has 0 fully saturated rings. The molecule has 1 atom stereocenters. The van der Waals surface area contributed by atoms with Crippen LogP contribution in [0.1, 0.15) is 219 Å². The number of hydrogen-bond donors (Lipinski definition) is 2. The van der Waals surface area contributed by atoms with E-state index < -0.39 is 18.6 Å². The van der Waals surface area contributed by atoms with Crippen LogP contribution < -0.4 is 5.32 Å². The Labute approximate surface area is 274 Å². The molecular formula is C39H77NO4. The van der Waals surface area contributed by atoms with Crippen LogP contribution in [0.25, 0.3) is 0 Å². The van der Waals surface area contributed by atoms with Crippen LogP contribution in [-0.2, 0) is 14.3 Å². The second kappa shape index (κ2) is 36.4. The van der Waals surface area contributed by atoms with Gasteiger partial charge in [-0.25, -0.2) is 4.79 Å². The fourth-order valence-electron chi connectivity index (χ4n) is 6.03. The predicted octanol–water partition coefficient (Wildman–Crippen LogP) is 11.5. The molecule has 2 N–H and O–H groups in total. The van der Waals surface area contributed by atoms with Crippen molar-refractivity contribution in [2.45, 2.75) is 225 Å². The molecule has 0 saturated carbocycles. The lowest BCUT2D eigenvalue weighted by Gasteiger charge is -2.15. The average molecular weight is 624 g/mol. The van der Waals surface area contributed by atoms with Crippen LogP contribution in [0.3, 0.4) is 0 Å². The van der Waals surface area contributed by atoms with Gasteiger partial charge in [0.15, 0.2) is 6.04 Å². The summed E-state index contributed by atoms with van der Waals surface area (Å²) >= 11 is 0. The summed E-state index contributed by atoms with van der Waals surface area (Å²) in [6.45, 7) is 4.49. The van der Waals surface area contributed by atoms with Gasteiger partial charge in [0.1, 0.15) is 0 Å². The molecule has 0 saturated heterocycles. The van der Waals surface area contributed by atoms with Crippen molar-refractivity contribution in [1.82, 2.24) is 5.32 Å². The van der Waals surface area contributed by atoms with Crippen LogP contribution in [0.4, 0.5) is 0 Å². The SMILES string of the molecule is CCCCCCCCCCCCCCCCCCCCCC(=O)N[C@@H](CO)C(=O)OCCCCCCCCCCCCCC. The van der Waals surface area contributed by atoms with Gasteiger partial charge in [0.25, 0.3) is 0 Å². The van der Waals surface area contributed by atoms with Gasteiger partial charge in [-0.15, -0.1) is 0 Å². The van der Waals surface area contributed by atoms with Gasteiger partial charge in [0.05, 0.1) is 13.2 Å². The molecule has 0 aromatic rings. The Morgan fingerprint density at radius 2 is 0.773 bits per heavy atom. The van der Waals surface area contributed by atoms with Crippen LogP contribution in [0, 0.1) is 0 Å². The highest BCUT2D eigenvalue weighted by Crippen LogP contribution is 2.15. The topological polar surface area (TPSA) is 75.6 Å². The number of amides is 1. The largest absolute Gasteiger partial charge is 0.464 e. The van der Waals surface area contributed by atoms with Crippen molar-refractivity contribution in [2.24, 2.45) is 0 Å². The Balaban J connectivity index is 3.48. The normalized spacial score (nSPS) is 12.0. The summed E-state index contributed by atoms with van der Waals surface area (Å²) in [5, 5.41) is 12.2. The summed E-state index contributed by atoms with van der Waals surface area (Å²) in [5.41, 5.74) is 0. The van der Waals surface area contributed by atoms with Crippen LogP contribution in [0.15, 0.2) is 0 Å². The van der Waals surface area contributed by atoms with Crippen molar-refractivity contribution in [2.75, 3.05) is 13.2 Å². The van der Waals surface area contributed by atoms with E-state index in [-0.39, 0.29) is 5.91 Å². The van der Waals surface area contributed by atoms with Crippen LogP contribution in [0.2, 0.25) is 0 Å². The molecule has 0 aliphatic rings. The highest BCUT2D eigenvalue weighted by atomic mass is 16.5. The molecule has 0 aromatic carbocycles. The zero-order valence-electron chi connectivity index (χ0n) is 29.8. The van der Waals surface area contributed by atoms with E-state index in [2.05, 4.69) is 19.2 Å². The number of rotatable bonds is 36. The van der Waals surface area contributed by atoms with Crippen LogP contribution in [-0.4, -0.2) is 36.2 Å². The molecule has 262 valence electrons. The van der Waals surface area contributed by atoms with Crippen LogP contribution in [0.5, 0.6) is 0 Å². The molecule has 0 aliphatic heterocycles. The summed E-state index contributed by atoms with van der Waals surface area (Å²) in [7, 11) is 0. The molecule has 44 heavy (non-hydrogen) atoms. The van der Waals surface area contributed by atoms with Crippen molar-refractivity contribution in [3.8, 4) is 0 Å². The quantitative estimate of drug-likeness (QED) is 0.0538. The first-order valence-corrected chi connectivity index (χ1v) is 19.7. The maximum absolute atomic E-state index is 12.3. The Bertz CT molecular complexity index is 597. The lowest BCUT2D eigenvalue weighted by molar-refractivity contribution is -0.149. The molecule has 0 unspecified atom stereocenters. The Morgan fingerprint density at radius 1 is 0.477 bits per heavy atom. The number of esters is 1. The maximum atomic E-state index is 12.3. The Morgan fingerprint density at radius 3 is 1.09 bits per heavy atom. The number of hydrogen-bond acceptors (Lipinski definition) is 4. The second-order valence-corrected chi connectivity index (χ2v) is 13.5. The number of carbonyl (C=O) groups is 2. The third-order valence-electron chi connectivity index (χ3n) is 9.05. The maximum Gasteiger partial charge on any atom is 0.331 e. The van der Waals surface area contributed by atoms with E-state index in [1.54, 1.807) is 0 Å². The first-order chi connectivity index (χ1) is 21.7. The molecule has 0 aromatic heterocycles. The van der Waals surface area contributed by atoms with Crippen molar-refractivity contribution >= 4 is 11.9 Å². The summed E-state index contributed by atoms with van der Waals surface area (Å²) < 4.78 is 5.32. The minimum atomic E-state index is -0.944. The molecule has 0 aliphatic carbocycles. The third-order valence-corrected chi connectivity index (χ3v) is 9.05. The molecule has 0 radical (unpaired) electrons. The highest BCUT2D eigenvalue weighted by Gasteiger charge is 2.21. The Kier molecular flexibility index (Phi) is 35.5. The van der Waals surface area contributed by atoms with E-state index in [1.165, 1.54) is 167 Å². The van der Waals surface area contributed by atoms with Gasteiger partial charge in [-0.2, -0.15) is 0 Å². The van der Waals surface area contributed by atoms with E-state index in [0.717, 1.165) is 32.1 Å². The van der Waals surface area contributed by atoms with E-state index in [0.29, 0.717) is 13.0 Å². The standard InChI is InChI=1S/C39H77NO4/c1-3-5-7-9-11-13-15-17-18-19-20-21-22-23-24-26-28-30-32-34-38(42)40-37(36-41)39(43)44-35-33-31-29-27-25-16-14-12-10-8-6-4-2/h37,41H,3-36H2,1-2H3,(H,40,42)/t37-/m0/s1. The molecule has 5 heteroatoms. The molecule has 0 bridgehead atoms. The van der Waals surface area contributed by atoms with E-state index in [9.17, 15) is 14.7 Å². The van der Waals surface area contributed by atoms with Crippen molar-refractivity contribution < 1.29 is 19.4 Å². The number of nitrogens with one attached hydrogen (secondary N) is 1. The molecule has 5 nitrogen and oxygen atoms in total. The highest BCUT2D eigenvalue weighted by molar-refractivity contribution is 5.84. The fraction of sp³-hybridized carbons (Fsp3) is 0.949. The monoisotopic (exact) mass is 624 g/mol. The minimum Gasteiger partial charge on any atom is -0.464 e. The number of unbranched alkanes of at least 4 members (excludes halogenated alkanes) is 29. The molecular weight excluding hydrogens is 546 g/mol. The van der Waals surface area contributed by atoms with Gasteiger partial charge in [-0.1, -0.05) is 200 Å². The van der Waals surface area contributed by atoms with Gasteiger partial charge in [-0.05, 0) is 12.8 Å². The van der Waals surface area contributed by atoms with Gasteiger partial charge >= 0.3 is 5.97 Å². The van der Waals surface area contributed by atoms with Gasteiger partial charge in [-0.3, -0.25) is 4.79 Å². The first kappa shape index (κ1) is 42.9. The fourth-order valence-corrected chi connectivity index (χ4v) is 6.03. The summed E-state index contributed by atoms with van der Waals surface area (Å²) in [6.07, 6.45) is 40.7. The Hall–Kier alpha value is -1.10. The first-order valence-electron chi connectivity index (χ1n) is 19.7. The molecule has 0 spiro atoms. The molecule has 1 amide bonds. The number of ether oxygens (including phenoxy) is 1. The molecule has 0 heterocycles. The van der Waals surface area contributed by atoms with E-state index in [4.69, 9.17) is 4.74 Å². The van der Waals surface area contributed by atoms with Gasteiger partial charge in [0, 0.05) is 6.42 Å². The van der Waals surface area contributed by atoms with E-state index >= 15 is 0 Å². The number of aliphatic hydroxyl groups is 1. The zero-order valence-corrected chi connectivity index (χ0v) is 29.8. The van der Waals surface area contributed by atoms with Gasteiger partial charge < -0.3 is 15.2 Å². The lowest BCUT2D eigenvalue weighted by Crippen LogP contribution is -2.44.